The predicted octanol–water partition coefficient (Wildman–Crippen LogP) is 1.78. The Hall–Kier alpha value is -3.63. The van der Waals surface area contributed by atoms with Gasteiger partial charge in [0.2, 0.25) is 0 Å². The summed E-state index contributed by atoms with van der Waals surface area (Å²) in [6.07, 6.45) is 0. The van der Waals surface area contributed by atoms with Crippen molar-refractivity contribution in [2.45, 2.75) is 0 Å². The molecule has 28 heavy (non-hydrogen) atoms. The first-order valence-corrected chi connectivity index (χ1v) is 8.62. The third-order valence-electron chi connectivity index (χ3n) is 4.51. The van der Waals surface area contributed by atoms with Gasteiger partial charge in [-0.3, -0.25) is 9.59 Å². The van der Waals surface area contributed by atoms with Gasteiger partial charge in [-0.25, -0.2) is 4.90 Å². The molecule has 0 radical (unpaired) electrons. The van der Waals surface area contributed by atoms with E-state index in [1.54, 1.807) is 60.5 Å². The summed E-state index contributed by atoms with van der Waals surface area (Å²) in [5.74, 6) is -0.513. The zero-order valence-electron chi connectivity index (χ0n) is 15.5. The van der Waals surface area contributed by atoms with Crippen LogP contribution in [0.1, 0.15) is 11.1 Å². The van der Waals surface area contributed by atoms with Gasteiger partial charge >= 0.3 is 0 Å². The number of likely N-dealkylation sites (N-methyl/N-ethyl adjacent to an activating group) is 1. The van der Waals surface area contributed by atoms with Crippen LogP contribution in [-0.2, 0) is 9.59 Å². The van der Waals surface area contributed by atoms with Crippen LogP contribution in [0.3, 0.4) is 0 Å². The van der Waals surface area contributed by atoms with Crippen LogP contribution in [0.15, 0.2) is 54.2 Å². The number of para-hydroxylation sites is 1. The van der Waals surface area contributed by atoms with Crippen LogP contribution < -0.4 is 9.64 Å². The monoisotopic (exact) mass is 377 g/mol. The number of methoxy groups -OCH3 is 1. The van der Waals surface area contributed by atoms with Gasteiger partial charge in [0, 0.05) is 19.2 Å². The third-order valence-corrected chi connectivity index (χ3v) is 4.51. The van der Waals surface area contributed by atoms with Crippen molar-refractivity contribution in [1.29, 1.82) is 5.26 Å². The summed E-state index contributed by atoms with van der Waals surface area (Å²) in [6.45, 7) is 0.0196. The first-order chi connectivity index (χ1) is 13.5. The largest absolute Gasteiger partial charge is 0.496 e. The third kappa shape index (κ3) is 3.21. The van der Waals surface area contributed by atoms with Crippen molar-refractivity contribution in [3.05, 3.63) is 65.4 Å². The Bertz CT molecular complexity index is 989. The van der Waals surface area contributed by atoms with E-state index in [4.69, 9.17) is 10.00 Å². The summed E-state index contributed by atoms with van der Waals surface area (Å²) in [7, 11) is 3.14. The summed E-state index contributed by atoms with van der Waals surface area (Å²) in [5, 5.41) is 18.3. The molecule has 0 bridgehead atoms. The summed E-state index contributed by atoms with van der Waals surface area (Å²) >= 11 is 0. The van der Waals surface area contributed by atoms with Crippen molar-refractivity contribution < 1.29 is 19.4 Å². The molecular weight excluding hydrogens is 358 g/mol. The van der Waals surface area contributed by atoms with Gasteiger partial charge in [0.05, 0.1) is 36.6 Å². The number of hydrogen-bond acceptors (Lipinski definition) is 6. The van der Waals surface area contributed by atoms with Gasteiger partial charge in [0.15, 0.2) is 0 Å². The maximum absolute atomic E-state index is 13.3. The highest BCUT2D eigenvalue weighted by atomic mass is 16.5. The number of anilines is 1. The first-order valence-electron chi connectivity index (χ1n) is 8.62. The number of carbonyl (C=O) groups excluding carboxylic acids is 2. The zero-order valence-corrected chi connectivity index (χ0v) is 15.5. The van der Waals surface area contributed by atoms with Crippen molar-refractivity contribution in [2.75, 3.05) is 32.2 Å². The van der Waals surface area contributed by atoms with E-state index in [1.807, 2.05) is 6.07 Å². The molecule has 1 aliphatic rings. The molecule has 0 atom stereocenters. The van der Waals surface area contributed by atoms with Crippen LogP contribution in [0.2, 0.25) is 0 Å². The Labute approximate surface area is 162 Å². The minimum Gasteiger partial charge on any atom is -0.496 e. The number of benzene rings is 2. The summed E-state index contributed by atoms with van der Waals surface area (Å²) in [4.78, 5) is 29.1. The van der Waals surface area contributed by atoms with E-state index < -0.39 is 11.8 Å². The normalized spacial score (nSPS) is 13.7. The van der Waals surface area contributed by atoms with Gasteiger partial charge in [-0.05, 0) is 30.3 Å². The van der Waals surface area contributed by atoms with E-state index in [-0.39, 0.29) is 24.4 Å². The number of nitriles is 1. The average Bonchev–Trinajstić information content (AvgIpc) is 2.98. The molecule has 1 heterocycles. The molecule has 7 nitrogen and oxygen atoms in total. The van der Waals surface area contributed by atoms with Crippen LogP contribution in [0.25, 0.3) is 5.57 Å². The SMILES string of the molecule is COc1ccccc1C1=C(N(C)CCO)C(=O)N(c2ccc(C#N)cc2)C1=O. The Morgan fingerprint density at radius 1 is 1.11 bits per heavy atom. The van der Waals surface area contributed by atoms with Crippen molar-refractivity contribution in [3.8, 4) is 11.8 Å². The average molecular weight is 377 g/mol. The van der Waals surface area contributed by atoms with Crippen LogP contribution in [-0.4, -0.2) is 49.1 Å². The van der Waals surface area contributed by atoms with Gasteiger partial charge in [0.1, 0.15) is 11.4 Å². The van der Waals surface area contributed by atoms with Gasteiger partial charge in [-0.1, -0.05) is 18.2 Å². The maximum atomic E-state index is 13.3. The smallest absolute Gasteiger partial charge is 0.282 e. The van der Waals surface area contributed by atoms with Gasteiger partial charge in [0.25, 0.3) is 11.8 Å². The molecule has 2 aromatic rings. The Kier molecular flexibility index (Phi) is 5.43. The molecule has 0 unspecified atom stereocenters. The number of amides is 2. The second-order valence-electron chi connectivity index (χ2n) is 6.17. The second-order valence-corrected chi connectivity index (χ2v) is 6.17. The number of nitrogens with zero attached hydrogens (tertiary/aromatic N) is 3. The Morgan fingerprint density at radius 3 is 2.39 bits per heavy atom. The van der Waals surface area contributed by atoms with Crippen LogP contribution >= 0.6 is 0 Å². The van der Waals surface area contributed by atoms with E-state index in [2.05, 4.69) is 0 Å². The molecule has 0 saturated carbocycles. The first kappa shape index (κ1) is 19.1. The topological polar surface area (TPSA) is 93.9 Å². The molecule has 3 rings (SSSR count). The minimum atomic E-state index is -0.494. The molecule has 0 fully saturated rings. The molecule has 0 spiro atoms. The van der Waals surface area contributed by atoms with Gasteiger partial charge < -0.3 is 14.7 Å². The fourth-order valence-corrected chi connectivity index (χ4v) is 3.15. The van der Waals surface area contributed by atoms with Crippen LogP contribution in [0.5, 0.6) is 5.75 Å². The molecule has 1 aliphatic heterocycles. The number of rotatable bonds is 6. The highest BCUT2D eigenvalue weighted by Crippen LogP contribution is 2.37. The van der Waals surface area contributed by atoms with Crippen molar-refractivity contribution >= 4 is 23.1 Å². The lowest BCUT2D eigenvalue weighted by Gasteiger charge is -2.20. The standard InChI is InChI=1S/C21H19N3O4/c1-23(11-12-25)19-18(16-5-3-4-6-17(16)28-2)20(26)24(21(19)27)15-9-7-14(13-22)8-10-15/h3-10,25H,11-12H2,1-2H3. The number of aliphatic hydroxyl groups excluding tert-OH is 1. The second kappa shape index (κ2) is 7.94. The Balaban J connectivity index is 2.15. The molecule has 0 saturated heterocycles. The lowest BCUT2D eigenvalue weighted by Crippen LogP contribution is -2.34. The maximum Gasteiger partial charge on any atom is 0.282 e. The lowest BCUT2D eigenvalue weighted by molar-refractivity contribution is -0.120. The van der Waals surface area contributed by atoms with E-state index in [0.29, 0.717) is 22.6 Å². The van der Waals surface area contributed by atoms with Crippen molar-refractivity contribution in [3.63, 3.8) is 0 Å². The number of carbonyl (C=O) groups is 2. The van der Waals surface area contributed by atoms with Gasteiger partial charge in [-0.2, -0.15) is 5.26 Å². The highest BCUT2D eigenvalue weighted by molar-refractivity contribution is 6.45. The van der Waals surface area contributed by atoms with Gasteiger partial charge in [-0.15, -0.1) is 0 Å². The molecule has 0 aliphatic carbocycles. The molecule has 7 heteroatoms. The molecule has 142 valence electrons. The quantitative estimate of drug-likeness (QED) is 0.771. The van der Waals surface area contributed by atoms with Crippen LogP contribution in [0.4, 0.5) is 5.69 Å². The highest BCUT2D eigenvalue weighted by Gasteiger charge is 2.42. The number of imide groups is 1. The van der Waals surface area contributed by atoms with E-state index in [1.165, 1.54) is 7.11 Å². The fourth-order valence-electron chi connectivity index (χ4n) is 3.15. The predicted molar refractivity (Wildman–Crippen MR) is 103 cm³/mol. The summed E-state index contributed by atoms with van der Waals surface area (Å²) < 4.78 is 5.38. The van der Waals surface area contributed by atoms with Crippen LogP contribution in [0, 0.1) is 11.3 Å². The minimum absolute atomic E-state index is 0.169. The fraction of sp³-hybridized carbons (Fsp3) is 0.190. The molecular formula is C21H19N3O4. The number of hydrogen-bond donors (Lipinski definition) is 1. The Morgan fingerprint density at radius 2 is 1.79 bits per heavy atom. The molecule has 2 amide bonds. The number of aliphatic hydroxyl groups is 1. The van der Waals surface area contributed by atoms with Crippen molar-refractivity contribution in [1.82, 2.24) is 4.90 Å². The van der Waals surface area contributed by atoms with E-state index in [0.717, 1.165) is 4.90 Å². The molecule has 2 aromatic carbocycles. The van der Waals surface area contributed by atoms with E-state index >= 15 is 0 Å². The molecule has 1 N–H and O–H groups in total. The lowest BCUT2D eigenvalue weighted by atomic mass is 10.0. The summed E-state index contributed by atoms with van der Waals surface area (Å²) in [6, 6.07) is 15.2. The zero-order chi connectivity index (χ0) is 20.3. The molecule has 0 aromatic heterocycles. The number of ether oxygens (including phenoxy) is 1. The summed E-state index contributed by atoms with van der Waals surface area (Å²) in [5.41, 5.74) is 1.70. The van der Waals surface area contributed by atoms with E-state index in [9.17, 15) is 14.7 Å². The van der Waals surface area contributed by atoms with Crippen molar-refractivity contribution in [2.24, 2.45) is 0 Å².